The third-order valence-corrected chi connectivity index (χ3v) is 6.03. The van der Waals surface area contributed by atoms with Crippen molar-refractivity contribution in [1.29, 1.82) is 5.26 Å². The van der Waals surface area contributed by atoms with E-state index in [0.717, 1.165) is 5.56 Å². The van der Waals surface area contributed by atoms with E-state index in [0.29, 0.717) is 23.2 Å². The van der Waals surface area contributed by atoms with Gasteiger partial charge in [0.25, 0.3) is 10.0 Å². The maximum Gasteiger partial charge on any atom is 0.330 e. The summed E-state index contributed by atoms with van der Waals surface area (Å²) >= 11 is 0. The molecule has 0 radical (unpaired) electrons. The zero-order chi connectivity index (χ0) is 22.4. The molecule has 1 unspecified atom stereocenters. The van der Waals surface area contributed by atoms with Crippen LogP contribution in [-0.4, -0.2) is 19.5 Å². The van der Waals surface area contributed by atoms with Crippen LogP contribution in [0.2, 0.25) is 0 Å². The maximum atomic E-state index is 12.7. The Kier molecular flexibility index (Phi) is 6.58. The lowest BCUT2D eigenvalue weighted by molar-refractivity contribution is -0.138. The molecule has 0 aliphatic rings. The third kappa shape index (κ3) is 5.41. The van der Waals surface area contributed by atoms with Crippen molar-refractivity contribution in [2.75, 3.05) is 10.0 Å². The zero-order valence-electron chi connectivity index (χ0n) is 16.7. The van der Waals surface area contributed by atoms with Crippen LogP contribution in [0.15, 0.2) is 77.7 Å². The van der Waals surface area contributed by atoms with E-state index in [4.69, 9.17) is 5.26 Å². The monoisotopic (exact) mass is 435 g/mol. The van der Waals surface area contributed by atoms with Gasteiger partial charge in [0, 0.05) is 11.4 Å². The number of sulfonamides is 1. The van der Waals surface area contributed by atoms with Crippen LogP contribution in [-0.2, 0) is 21.2 Å². The molecule has 0 aliphatic heterocycles. The van der Waals surface area contributed by atoms with Gasteiger partial charge < -0.3 is 10.4 Å². The molecule has 7 nitrogen and oxygen atoms in total. The minimum Gasteiger partial charge on any atom is -0.479 e. The summed E-state index contributed by atoms with van der Waals surface area (Å²) in [5, 5.41) is 21.7. The fourth-order valence-electron chi connectivity index (χ4n) is 3.06. The predicted octanol–water partition coefficient (Wildman–Crippen LogP) is 4.16. The van der Waals surface area contributed by atoms with Crippen molar-refractivity contribution >= 4 is 27.4 Å². The minimum absolute atomic E-state index is 0.115. The number of benzene rings is 3. The van der Waals surface area contributed by atoms with Crippen LogP contribution in [0, 0.1) is 11.3 Å². The first-order chi connectivity index (χ1) is 14.8. The first-order valence-corrected chi connectivity index (χ1v) is 11.0. The Morgan fingerprint density at radius 3 is 2.29 bits per heavy atom. The minimum atomic E-state index is -3.82. The number of hydrogen-bond donors (Lipinski definition) is 3. The van der Waals surface area contributed by atoms with Gasteiger partial charge in [0.05, 0.1) is 16.5 Å². The largest absolute Gasteiger partial charge is 0.479 e. The molecule has 3 aromatic carbocycles. The summed E-state index contributed by atoms with van der Waals surface area (Å²) in [4.78, 5) is 12.1. The Morgan fingerprint density at radius 1 is 1.03 bits per heavy atom. The SMILES string of the molecule is CCc1cc(NS(=O)(=O)c2ccccc2)cc(C(Nc2ccc(C#N)cc2)C(=O)O)c1. The van der Waals surface area contributed by atoms with Gasteiger partial charge in [0.2, 0.25) is 0 Å². The summed E-state index contributed by atoms with van der Waals surface area (Å²) in [5.41, 5.74) is 2.46. The lowest BCUT2D eigenvalue weighted by Gasteiger charge is -2.19. The molecule has 8 heteroatoms. The Balaban J connectivity index is 1.95. The maximum absolute atomic E-state index is 12.7. The number of hydrogen-bond acceptors (Lipinski definition) is 5. The van der Waals surface area contributed by atoms with Crippen LogP contribution in [0.5, 0.6) is 0 Å². The van der Waals surface area contributed by atoms with Crippen LogP contribution in [0.25, 0.3) is 0 Å². The molecule has 158 valence electrons. The summed E-state index contributed by atoms with van der Waals surface area (Å²) in [6, 6.07) is 20.2. The zero-order valence-corrected chi connectivity index (χ0v) is 17.6. The molecular formula is C23H21N3O4S. The number of aliphatic carboxylic acids is 1. The fourth-order valence-corrected chi connectivity index (χ4v) is 4.12. The van der Waals surface area contributed by atoms with Crippen molar-refractivity contribution in [2.24, 2.45) is 0 Å². The highest BCUT2D eigenvalue weighted by molar-refractivity contribution is 7.92. The Bertz CT molecular complexity index is 1220. The number of carboxylic acids is 1. The molecule has 0 saturated heterocycles. The van der Waals surface area contributed by atoms with E-state index in [2.05, 4.69) is 10.0 Å². The van der Waals surface area contributed by atoms with E-state index in [-0.39, 0.29) is 10.6 Å². The number of nitrogens with one attached hydrogen (secondary N) is 2. The van der Waals surface area contributed by atoms with Gasteiger partial charge in [0.1, 0.15) is 0 Å². The van der Waals surface area contributed by atoms with Gasteiger partial charge in [-0.2, -0.15) is 5.26 Å². The molecule has 0 aromatic heterocycles. The average molecular weight is 436 g/mol. The van der Waals surface area contributed by atoms with Gasteiger partial charge in [-0.1, -0.05) is 31.2 Å². The van der Waals surface area contributed by atoms with Gasteiger partial charge in [-0.25, -0.2) is 13.2 Å². The second-order valence-electron chi connectivity index (χ2n) is 6.84. The van der Waals surface area contributed by atoms with E-state index in [1.165, 1.54) is 18.2 Å². The smallest absolute Gasteiger partial charge is 0.330 e. The predicted molar refractivity (Wildman–Crippen MR) is 118 cm³/mol. The summed E-state index contributed by atoms with van der Waals surface area (Å²) < 4.78 is 27.9. The topological polar surface area (TPSA) is 119 Å². The van der Waals surface area contributed by atoms with Crippen LogP contribution >= 0.6 is 0 Å². The van der Waals surface area contributed by atoms with Crippen molar-refractivity contribution in [2.45, 2.75) is 24.3 Å². The second kappa shape index (κ2) is 9.32. The summed E-state index contributed by atoms with van der Waals surface area (Å²) in [7, 11) is -3.82. The highest BCUT2D eigenvalue weighted by Gasteiger charge is 2.22. The number of aryl methyl sites for hydroxylation is 1. The van der Waals surface area contributed by atoms with E-state index >= 15 is 0 Å². The van der Waals surface area contributed by atoms with Crippen LogP contribution in [0.4, 0.5) is 11.4 Å². The van der Waals surface area contributed by atoms with Gasteiger partial charge in [-0.3, -0.25) is 4.72 Å². The van der Waals surface area contributed by atoms with E-state index in [9.17, 15) is 18.3 Å². The van der Waals surface area contributed by atoms with Gasteiger partial charge in [0.15, 0.2) is 6.04 Å². The third-order valence-electron chi connectivity index (χ3n) is 4.63. The number of anilines is 2. The summed E-state index contributed by atoms with van der Waals surface area (Å²) in [6.07, 6.45) is 0.594. The molecule has 0 bridgehead atoms. The van der Waals surface area contributed by atoms with E-state index < -0.39 is 22.0 Å². The molecular weight excluding hydrogens is 414 g/mol. The van der Waals surface area contributed by atoms with E-state index in [1.54, 1.807) is 54.6 Å². The summed E-state index contributed by atoms with van der Waals surface area (Å²) in [5.74, 6) is -1.12. The molecule has 3 aromatic rings. The molecule has 0 amide bonds. The van der Waals surface area contributed by atoms with Crippen molar-refractivity contribution in [1.82, 2.24) is 0 Å². The summed E-state index contributed by atoms with van der Waals surface area (Å²) in [6.45, 7) is 1.90. The van der Waals surface area contributed by atoms with Crippen LogP contribution < -0.4 is 10.0 Å². The van der Waals surface area contributed by atoms with Crippen molar-refractivity contribution in [3.8, 4) is 6.07 Å². The van der Waals surface area contributed by atoms with Gasteiger partial charge in [-0.05, 0) is 66.1 Å². The van der Waals surface area contributed by atoms with Gasteiger partial charge in [-0.15, -0.1) is 0 Å². The molecule has 0 aliphatic carbocycles. The molecule has 0 spiro atoms. The van der Waals surface area contributed by atoms with Crippen LogP contribution in [0.1, 0.15) is 29.7 Å². The molecule has 1 atom stereocenters. The van der Waals surface area contributed by atoms with Crippen LogP contribution in [0.3, 0.4) is 0 Å². The van der Waals surface area contributed by atoms with Crippen molar-refractivity contribution in [3.63, 3.8) is 0 Å². The normalized spacial score (nSPS) is 11.9. The number of nitriles is 1. The van der Waals surface area contributed by atoms with Gasteiger partial charge >= 0.3 is 5.97 Å². The molecule has 3 rings (SSSR count). The quantitative estimate of drug-likeness (QED) is 0.489. The lowest BCUT2D eigenvalue weighted by Crippen LogP contribution is -2.21. The molecule has 3 N–H and O–H groups in total. The first kappa shape index (κ1) is 21.9. The molecule has 0 heterocycles. The lowest BCUT2D eigenvalue weighted by atomic mass is 10.0. The van der Waals surface area contributed by atoms with Crippen molar-refractivity contribution in [3.05, 3.63) is 89.5 Å². The van der Waals surface area contributed by atoms with Crippen molar-refractivity contribution < 1.29 is 18.3 Å². The second-order valence-corrected chi connectivity index (χ2v) is 8.52. The number of rotatable bonds is 8. The Morgan fingerprint density at radius 2 is 1.71 bits per heavy atom. The first-order valence-electron chi connectivity index (χ1n) is 9.53. The molecule has 31 heavy (non-hydrogen) atoms. The average Bonchev–Trinajstić information content (AvgIpc) is 2.77. The highest BCUT2D eigenvalue weighted by atomic mass is 32.2. The standard InChI is InChI=1S/C23H21N3O4S/c1-2-16-12-18(22(23(27)28)25-19-10-8-17(15-24)9-11-19)14-20(13-16)26-31(29,30)21-6-4-3-5-7-21/h3-14,22,25-26H,2H2,1H3,(H,27,28). The van der Waals surface area contributed by atoms with E-state index in [1.807, 2.05) is 13.0 Å². The number of carbonyl (C=O) groups is 1. The number of nitrogens with zero attached hydrogens (tertiary/aromatic N) is 1. The highest BCUT2D eigenvalue weighted by Crippen LogP contribution is 2.26. The Labute approximate surface area is 181 Å². The Hall–Kier alpha value is -3.83. The fraction of sp³-hybridized carbons (Fsp3) is 0.130. The molecule has 0 fully saturated rings. The molecule has 0 saturated carbocycles. The number of carboxylic acid groups (broad SMARTS) is 1.